The van der Waals surface area contributed by atoms with Crippen molar-refractivity contribution in [2.24, 2.45) is 0 Å². The van der Waals surface area contributed by atoms with Gasteiger partial charge in [-0.05, 0) is 19.3 Å². The summed E-state index contributed by atoms with van der Waals surface area (Å²) < 4.78 is 1.89. The van der Waals surface area contributed by atoms with E-state index in [-0.39, 0.29) is 6.42 Å². The Balaban J connectivity index is 2.26. The molecule has 0 aliphatic heterocycles. The second-order valence-electron chi connectivity index (χ2n) is 3.58. The Morgan fingerprint density at radius 1 is 1.64 bits per heavy atom. The standard InChI is InChI=1S/C9H13N3O2/c1-2-8-7(5-9(13)14)10-11-12(8)6-3-4-6/h6H,2-5H2,1H3,(H,13,14). The number of carboxylic acid groups (broad SMARTS) is 1. The lowest BCUT2D eigenvalue weighted by atomic mass is 10.2. The van der Waals surface area contributed by atoms with Crippen molar-refractivity contribution in [3.05, 3.63) is 11.4 Å². The van der Waals surface area contributed by atoms with Crippen LogP contribution in [0, 0.1) is 0 Å². The minimum absolute atomic E-state index is 0.0180. The normalized spacial score (nSPS) is 15.8. The van der Waals surface area contributed by atoms with E-state index in [4.69, 9.17) is 5.11 Å². The lowest BCUT2D eigenvalue weighted by molar-refractivity contribution is -0.136. The highest BCUT2D eigenvalue weighted by molar-refractivity contribution is 5.69. The summed E-state index contributed by atoms with van der Waals surface area (Å²) in [5.74, 6) is -0.845. The zero-order valence-electron chi connectivity index (χ0n) is 8.10. The second kappa shape index (κ2) is 3.40. The van der Waals surface area contributed by atoms with E-state index < -0.39 is 5.97 Å². The first kappa shape index (κ1) is 9.18. The van der Waals surface area contributed by atoms with Gasteiger partial charge in [-0.25, -0.2) is 4.68 Å². The summed E-state index contributed by atoms with van der Waals surface area (Å²) in [6.45, 7) is 2.00. The SMILES string of the molecule is CCc1c(CC(=O)O)nnn1C1CC1. The predicted molar refractivity (Wildman–Crippen MR) is 49.0 cm³/mol. The fourth-order valence-electron chi connectivity index (χ4n) is 1.61. The smallest absolute Gasteiger partial charge is 0.309 e. The molecule has 76 valence electrons. The maximum Gasteiger partial charge on any atom is 0.309 e. The molecule has 5 nitrogen and oxygen atoms in total. The van der Waals surface area contributed by atoms with Crippen LogP contribution in [0.2, 0.25) is 0 Å². The first-order valence-corrected chi connectivity index (χ1v) is 4.87. The van der Waals surface area contributed by atoms with Crippen molar-refractivity contribution < 1.29 is 9.90 Å². The summed E-state index contributed by atoms with van der Waals surface area (Å²) in [5.41, 5.74) is 1.60. The summed E-state index contributed by atoms with van der Waals surface area (Å²) in [6.07, 6.45) is 3.06. The van der Waals surface area contributed by atoms with E-state index >= 15 is 0 Å². The van der Waals surface area contributed by atoms with Gasteiger partial charge < -0.3 is 5.11 Å². The lowest BCUT2D eigenvalue weighted by Crippen LogP contribution is -2.06. The van der Waals surface area contributed by atoms with Crippen LogP contribution >= 0.6 is 0 Å². The van der Waals surface area contributed by atoms with E-state index in [0.29, 0.717) is 11.7 Å². The van der Waals surface area contributed by atoms with Gasteiger partial charge in [0.1, 0.15) is 0 Å². The van der Waals surface area contributed by atoms with Gasteiger partial charge in [0.05, 0.1) is 23.9 Å². The minimum atomic E-state index is -0.845. The van der Waals surface area contributed by atoms with Crippen molar-refractivity contribution >= 4 is 5.97 Å². The zero-order valence-corrected chi connectivity index (χ0v) is 8.10. The van der Waals surface area contributed by atoms with Crippen LogP contribution in [0.15, 0.2) is 0 Å². The maximum absolute atomic E-state index is 10.6. The average molecular weight is 195 g/mol. The molecule has 2 rings (SSSR count). The number of aliphatic carboxylic acids is 1. The van der Waals surface area contributed by atoms with Gasteiger partial charge in [0.25, 0.3) is 0 Å². The van der Waals surface area contributed by atoms with Crippen LogP contribution in [-0.4, -0.2) is 26.1 Å². The first-order chi connectivity index (χ1) is 6.72. The molecular weight excluding hydrogens is 182 g/mol. The number of nitrogens with zero attached hydrogens (tertiary/aromatic N) is 3. The van der Waals surface area contributed by atoms with Crippen molar-refractivity contribution in [3.63, 3.8) is 0 Å². The van der Waals surface area contributed by atoms with Gasteiger partial charge >= 0.3 is 5.97 Å². The molecule has 0 saturated heterocycles. The molecule has 0 atom stereocenters. The molecule has 1 N–H and O–H groups in total. The highest BCUT2D eigenvalue weighted by Crippen LogP contribution is 2.35. The molecule has 1 aromatic heterocycles. The van der Waals surface area contributed by atoms with E-state index in [1.54, 1.807) is 0 Å². The molecule has 0 amide bonds. The van der Waals surface area contributed by atoms with Gasteiger partial charge in [-0.2, -0.15) is 0 Å². The van der Waals surface area contributed by atoms with Crippen molar-refractivity contribution in [1.29, 1.82) is 0 Å². The third-order valence-electron chi connectivity index (χ3n) is 2.42. The molecule has 0 spiro atoms. The summed E-state index contributed by atoms with van der Waals surface area (Å²) in [4.78, 5) is 10.6. The van der Waals surface area contributed by atoms with Gasteiger partial charge in [-0.3, -0.25) is 4.79 Å². The fraction of sp³-hybridized carbons (Fsp3) is 0.667. The first-order valence-electron chi connectivity index (χ1n) is 4.87. The van der Waals surface area contributed by atoms with Gasteiger partial charge in [-0.15, -0.1) is 5.10 Å². The molecule has 14 heavy (non-hydrogen) atoms. The molecule has 0 unspecified atom stereocenters. The molecular formula is C9H13N3O2. The molecule has 1 heterocycles. The van der Waals surface area contributed by atoms with E-state index in [0.717, 1.165) is 25.0 Å². The summed E-state index contributed by atoms with van der Waals surface area (Å²) in [7, 11) is 0. The highest BCUT2D eigenvalue weighted by atomic mass is 16.4. The van der Waals surface area contributed by atoms with Crippen LogP contribution in [0.3, 0.4) is 0 Å². The number of hydrogen-bond acceptors (Lipinski definition) is 3. The number of aromatic nitrogens is 3. The van der Waals surface area contributed by atoms with Gasteiger partial charge in [0, 0.05) is 0 Å². The van der Waals surface area contributed by atoms with Gasteiger partial charge in [0.15, 0.2) is 0 Å². The molecule has 1 aliphatic rings. The van der Waals surface area contributed by atoms with Crippen LogP contribution in [0.25, 0.3) is 0 Å². The second-order valence-corrected chi connectivity index (χ2v) is 3.58. The Morgan fingerprint density at radius 3 is 2.86 bits per heavy atom. The minimum Gasteiger partial charge on any atom is -0.481 e. The van der Waals surface area contributed by atoms with Crippen molar-refractivity contribution in [3.8, 4) is 0 Å². The van der Waals surface area contributed by atoms with E-state index in [2.05, 4.69) is 10.3 Å². The van der Waals surface area contributed by atoms with Crippen LogP contribution in [0.4, 0.5) is 0 Å². The van der Waals surface area contributed by atoms with Gasteiger partial charge in [0.2, 0.25) is 0 Å². The molecule has 0 aromatic carbocycles. The van der Waals surface area contributed by atoms with E-state index in [1.165, 1.54) is 0 Å². The third kappa shape index (κ3) is 1.62. The van der Waals surface area contributed by atoms with E-state index in [1.807, 2.05) is 11.6 Å². The van der Waals surface area contributed by atoms with Crippen LogP contribution < -0.4 is 0 Å². The molecule has 1 aromatic rings. The average Bonchev–Trinajstić information content (AvgIpc) is 2.88. The number of carbonyl (C=O) groups is 1. The Kier molecular flexibility index (Phi) is 2.23. The molecule has 1 fully saturated rings. The third-order valence-corrected chi connectivity index (χ3v) is 2.42. The Bertz CT molecular complexity index is 355. The summed E-state index contributed by atoms with van der Waals surface area (Å²) >= 11 is 0. The highest BCUT2D eigenvalue weighted by Gasteiger charge is 2.28. The molecule has 1 aliphatic carbocycles. The Labute approximate surface area is 81.7 Å². The van der Waals surface area contributed by atoms with Crippen molar-refractivity contribution in [1.82, 2.24) is 15.0 Å². The lowest BCUT2D eigenvalue weighted by Gasteiger charge is -2.02. The van der Waals surface area contributed by atoms with E-state index in [9.17, 15) is 4.79 Å². The predicted octanol–water partition coefficient (Wildman–Crippen LogP) is 0.802. The molecule has 1 saturated carbocycles. The number of hydrogen-bond donors (Lipinski definition) is 1. The Hall–Kier alpha value is -1.39. The van der Waals surface area contributed by atoms with Gasteiger partial charge in [-0.1, -0.05) is 12.1 Å². The van der Waals surface area contributed by atoms with Crippen LogP contribution in [-0.2, 0) is 17.6 Å². The summed E-state index contributed by atoms with van der Waals surface area (Å²) in [5, 5.41) is 16.6. The Morgan fingerprint density at radius 2 is 2.36 bits per heavy atom. The zero-order chi connectivity index (χ0) is 10.1. The molecule has 0 radical (unpaired) electrons. The largest absolute Gasteiger partial charge is 0.481 e. The number of carboxylic acids is 1. The van der Waals surface area contributed by atoms with Crippen LogP contribution in [0.5, 0.6) is 0 Å². The summed E-state index contributed by atoms with van der Waals surface area (Å²) in [6, 6.07) is 0.472. The van der Waals surface area contributed by atoms with Crippen LogP contribution in [0.1, 0.15) is 37.2 Å². The maximum atomic E-state index is 10.6. The van der Waals surface area contributed by atoms with Crippen molar-refractivity contribution in [2.75, 3.05) is 0 Å². The number of rotatable bonds is 4. The topological polar surface area (TPSA) is 68.0 Å². The molecule has 5 heteroatoms. The fourth-order valence-corrected chi connectivity index (χ4v) is 1.61. The van der Waals surface area contributed by atoms with Crippen molar-refractivity contribution in [2.45, 2.75) is 38.6 Å². The molecule has 0 bridgehead atoms. The quantitative estimate of drug-likeness (QED) is 0.771. The monoisotopic (exact) mass is 195 g/mol.